The standard InChI is InChI=1S/C47H46N6O14/c1-24(2)66-38-22-30(47(62)63)13-19-35(38)50-46(61)33-18-20-36(41(40(33)56)67-25(3)4)51-44(59)27-7-5-26(6-8-27)21-37(55)39(34(23-54)42(48)57)52-45(60)28-9-14-31(15-10-28)49-43(58)29-11-16-32(17-12-29)53(64)65/h5-20,22,24-25,34,39,54,56H,21,23H2,1-4H3,(H2,48,57)(H,49,58)(H,50,61)(H,51,59)(H,52,60)(H,62,63)/t34-,39-/m0/s1. The molecule has 67 heavy (non-hydrogen) atoms. The Bertz CT molecular complexity index is 2700. The van der Waals surface area contributed by atoms with E-state index in [1.165, 1.54) is 103 Å². The van der Waals surface area contributed by atoms with E-state index in [1.807, 2.05) is 0 Å². The molecule has 0 saturated heterocycles. The fourth-order valence-corrected chi connectivity index (χ4v) is 6.42. The van der Waals surface area contributed by atoms with Gasteiger partial charge in [0.05, 0.1) is 52.2 Å². The highest BCUT2D eigenvalue weighted by atomic mass is 16.6. The molecule has 9 N–H and O–H groups in total. The molecular weight excluding hydrogens is 873 g/mol. The van der Waals surface area contributed by atoms with Gasteiger partial charge in [0, 0.05) is 40.9 Å². The second-order valence-corrected chi connectivity index (χ2v) is 15.4. The first kappa shape index (κ1) is 49.4. The number of non-ortho nitro benzene ring substituents is 1. The fourth-order valence-electron chi connectivity index (χ4n) is 6.42. The number of nitrogens with two attached hydrogens (primary N) is 1. The number of ether oxygens (including phenoxy) is 2. The lowest BCUT2D eigenvalue weighted by atomic mass is 9.91. The number of aliphatic hydroxyl groups is 1. The number of carboxylic acids is 1. The summed E-state index contributed by atoms with van der Waals surface area (Å²) < 4.78 is 11.5. The monoisotopic (exact) mass is 918 g/mol. The number of nitro groups is 1. The fraction of sp³-hybridized carbons (Fsp3) is 0.213. The molecule has 2 atom stereocenters. The number of benzene rings is 5. The van der Waals surface area contributed by atoms with E-state index in [2.05, 4.69) is 21.3 Å². The predicted molar refractivity (Wildman–Crippen MR) is 243 cm³/mol. The summed E-state index contributed by atoms with van der Waals surface area (Å²) in [6.07, 6.45) is -1.27. The van der Waals surface area contributed by atoms with Crippen LogP contribution in [0.1, 0.15) is 85.0 Å². The van der Waals surface area contributed by atoms with Crippen molar-refractivity contribution < 1.29 is 63.3 Å². The molecule has 0 fully saturated rings. The zero-order chi connectivity index (χ0) is 49.1. The van der Waals surface area contributed by atoms with Crippen molar-refractivity contribution in [2.45, 2.75) is 52.4 Å². The maximum atomic E-state index is 13.7. The van der Waals surface area contributed by atoms with Crippen LogP contribution in [0.3, 0.4) is 0 Å². The molecule has 5 aromatic carbocycles. The van der Waals surface area contributed by atoms with Crippen LogP contribution in [0.25, 0.3) is 0 Å². The number of ketones is 1. The number of carbonyl (C=O) groups excluding carboxylic acids is 6. The summed E-state index contributed by atoms with van der Waals surface area (Å²) in [6, 6.07) is 21.0. The number of anilines is 3. The number of hydrogen-bond donors (Lipinski definition) is 8. The molecule has 0 unspecified atom stereocenters. The molecule has 5 aromatic rings. The molecule has 5 amide bonds. The third kappa shape index (κ3) is 12.8. The maximum absolute atomic E-state index is 13.7. The van der Waals surface area contributed by atoms with Crippen molar-refractivity contribution in [3.8, 4) is 17.2 Å². The summed E-state index contributed by atoms with van der Waals surface area (Å²) in [4.78, 5) is 101. The molecule has 0 aliphatic rings. The van der Waals surface area contributed by atoms with Gasteiger partial charge in [0.25, 0.3) is 29.3 Å². The predicted octanol–water partition coefficient (Wildman–Crippen LogP) is 5.33. The number of amides is 5. The molecular formula is C47H46N6O14. The summed E-state index contributed by atoms with van der Waals surface area (Å²) in [5.41, 5.74) is 6.01. The minimum Gasteiger partial charge on any atom is -0.504 e. The number of rotatable bonds is 20. The first-order valence-corrected chi connectivity index (χ1v) is 20.4. The second kappa shape index (κ2) is 21.8. The number of aromatic carboxylic acids is 1. The number of aliphatic hydroxyl groups excluding tert-OH is 1. The summed E-state index contributed by atoms with van der Waals surface area (Å²) in [6.45, 7) is 5.88. The smallest absolute Gasteiger partial charge is 0.335 e. The number of primary amides is 1. The van der Waals surface area contributed by atoms with Gasteiger partial charge in [-0.1, -0.05) is 12.1 Å². The Kier molecular flexibility index (Phi) is 16.1. The van der Waals surface area contributed by atoms with E-state index >= 15 is 0 Å². The van der Waals surface area contributed by atoms with Gasteiger partial charge in [0.1, 0.15) is 11.8 Å². The van der Waals surface area contributed by atoms with Crippen molar-refractivity contribution in [2.24, 2.45) is 11.7 Å². The van der Waals surface area contributed by atoms with Gasteiger partial charge in [-0.15, -0.1) is 0 Å². The van der Waals surface area contributed by atoms with Crippen LogP contribution >= 0.6 is 0 Å². The number of Topliss-reactive ketones (excluding diaryl/α,β-unsaturated/α-hetero) is 1. The van der Waals surface area contributed by atoms with Gasteiger partial charge in [-0.05, 0) is 112 Å². The van der Waals surface area contributed by atoms with Gasteiger partial charge in [0.2, 0.25) is 5.91 Å². The number of carbonyl (C=O) groups is 7. The van der Waals surface area contributed by atoms with Crippen molar-refractivity contribution in [2.75, 3.05) is 22.6 Å². The third-order valence-corrected chi connectivity index (χ3v) is 9.76. The van der Waals surface area contributed by atoms with Crippen molar-refractivity contribution >= 4 is 64.0 Å². The molecule has 0 bridgehead atoms. The maximum Gasteiger partial charge on any atom is 0.335 e. The minimum absolute atomic E-state index is 0.00312. The highest BCUT2D eigenvalue weighted by molar-refractivity contribution is 6.10. The average Bonchev–Trinajstić information content (AvgIpc) is 3.28. The highest BCUT2D eigenvalue weighted by Gasteiger charge is 2.34. The van der Waals surface area contributed by atoms with Crippen LogP contribution in [-0.4, -0.2) is 86.4 Å². The quantitative estimate of drug-likeness (QED) is 0.0361. The molecule has 20 heteroatoms. The Labute approximate surface area is 382 Å². The van der Waals surface area contributed by atoms with Crippen LogP contribution in [0, 0.1) is 16.0 Å². The Hall–Kier alpha value is -8.65. The van der Waals surface area contributed by atoms with Crippen LogP contribution in [0.15, 0.2) is 103 Å². The number of carboxylic acid groups (broad SMARTS) is 1. The Morgan fingerprint density at radius 3 is 1.75 bits per heavy atom. The number of nitro benzene ring substituents is 1. The van der Waals surface area contributed by atoms with Crippen LogP contribution in [0.5, 0.6) is 17.2 Å². The molecule has 0 aliphatic heterocycles. The van der Waals surface area contributed by atoms with Crippen LogP contribution in [0.2, 0.25) is 0 Å². The van der Waals surface area contributed by atoms with Gasteiger partial charge in [-0.2, -0.15) is 0 Å². The molecule has 0 aromatic heterocycles. The van der Waals surface area contributed by atoms with Crippen molar-refractivity contribution in [1.29, 1.82) is 0 Å². The molecule has 0 spiro atoms. The second-order valence-electron chi connectivity index (χ2n) is 15.4. The van der Waals surface area contributed by atoms with Gasteiger partial charge in [0.15, 0.2) is 17.3 Å². The zero-order valence-corrected chi connectivity index (χ0v) is 36.4. The Balaban J connectivity index is 1.27. The normalized spacial score (nSPS) is 11.7. The topological polar surface area (TPSA) is 316 Å². The largest absolute Gasteiger partial charge is 0.504 e. The minimum atomic E-state index is -1.58. The number of phenolic OH excluding ortho intramolecular Hbond substituents is 1. The molecule has 0 aliphatic carbocycles. The average molecular weight is 919 g/mol. The number of phenols is 1. The van der Waals surface area contributed by atoms with Crippen LogP contribution < -0.4 is 36.5 Å². The molecule has 348 valence electrons. The van der Waals surface area contributed by atoms with Gasteiger partial charge in [-0.3, -0.25) is 38.9 Å². The molecule has 0 heterocycles. The first-order valence-electron chi connectivity index (χ1n) is 20.4. The van der Waals surface area contributed by atoms with Crippen molar-refractivity contribution in [3.05, 3.63) is 147 Å². The summed E-state index contributed by atoms with van der Waals surface area (Å²) in [7, 11) is 0. The number of hydrogen-bond acceptors (Lipinski definition) is 13. The molecule has 0 saturated carbocycles. The summed E-state index contributed by atoms with van der Waals surface area (Å²) in [5.74, 6) is -8.07. The SMILES string of the molecule is CC(C)Oc1cc(C(=O)O)ccc1NC(=O)c1ccc(NC(=O)c2ccc(CC(=O)[C@@H](NC(=O)c3ccc(NC(=O)c4ccc([N+](=O)[O-])cc4)cc3)[C@H](CO)C(N)=O)cc2)c(OC(C)C)c1O. The van der Waals surface area contributed by atoms with Crippen molar-refractivity contribution in [1.82, 2.24) is 5.32 Å². The zero-order valence-electron chi connectivity index (χ0n) is 36.4. The Morgan fingerprint density at radius 2 is 1.19 bits per heavy atom. The van der Waals surface area contributed by atoms with E-state index in [0.29, 0.717) is 5.56 Å². The Morgan fingerprint density at radius 1 is 0.672 bits per heavy atom. The van der Waals surface area contributed by atoms with E-state index in [-0.39, 0.29) is 74.6 Å². The lowest BCUT2D eigenvalue weighted by Crippen LogP contribution is -2.52. The van der Waals surface area contributed by atoms with Crippen LogP contribution in [-0.2, 0) is 16.0 Å². The highest BCUT2D eigenvalue weighted by Crippen LogP contribution is 2.39. The van der Waals surface area contributed by atoms with Crippen LogP contribution in [0.4, 0.5) is 22.7 Å². The van der Waals surface area contributed by atoms with Gasteiger partial charge < -0.3 is 51.8 Å². The number of nitrogens with one attached hydrogen (secondary N) is 4. The lowest BCUT2D eigenvalue weighted by molar-refractivity contribution is -0.384. The van der Waals surface area contributed by atoms with E-state index < -0.39 is 76.6 Å². The van der Waals surface area contributed by atoms with Crippen molar-refractivity contribution in [3.63, 3.8) is 0 Å². The van der Waals surface area contributed by atoms with E-state index in [4.69, 9.17) is 15.2 Å². The third-order valence-electron chi connectivity index (χ3n) is 9.76. The molecule has 5 rings (SSSR count). The molecule has 20 nitrogen and oxygen atoms in total. The van der Waals surface area contributed by atoms with E-state index in [1.54, 1.807) is 27.7 Å². The summed E-state index contributed by atoms with van der Waals surface area (Å²) in [5, 5.41) is 51.9. The van der Waals surface area contributed by atoms with Gasteiger partial charge >= 0.3 is 5.97 Å². The molecule has 0 radical (unpaired) electrons. The van der Waals surface area contributed by atoms with E-state index in [0.717, 1.165) is 0 Å². The number of aromatic hydroxyl groups is 1. The number of nitrogens with zero attached hydrogens (tertiary/aromatic N) is 1. The first-order chi connectivity index (χ1) is 31.8. The van der Waals surface area contributed by atoms with Gasteiger partial charge in [-0.25, -0.2) is 4.79 Å². The van der Waals surface area contributed by atoms with E-state index in [9.17, 15) is 59.0 Å². The summed E-state index contributed by atoms with van der Waals surface area (Å²) >= 11 is 0. The lowest BCUT2D eigenvalue weighted by Gasteiger charge is -2.23.